The van der Waals surface area contributed by atoms with E-state index in [4.69, 9.17) is 9.47 Å². The van der Waals surface area contributed by atoms with Crippen LogP contribution >= 0.6 is 0 Å². The van der Waals surface area contributed by atoms with Crippen molar-refractivity contribution in [3.05, 3.63) is 40.8 Å². The maximum atomic E-state index is 12.1. The van der Waals surface area contributed by atoms with Crippen molar-refractivity contribution in [1.29, 1.82) is 0 Å². The molecule has 0 bridgehead atoms. The van der Waals surface area contributed by atoms with Crippen LogP contribution in [0, 0.1) is 11.8 Å². The van der Waals surface area contributed by atoms with Crippen molar-refractivity contribution in [1.82, 2.24) is 4.57 Å². The molecule has 0 atom stereocenters. The van der Waals surface area contributed by atoms with Crippen molar-refractivity contribution in [2.45, 2.75) is 32.9 Å². The molecule has 2 rings (SSSR count). The third-order valence-corrected chi connectivity index (χ3v) is 6.64. The number of hydrogen-bond donors (Lipinski definition) is 0. The normalized spacial score (nSPS) is 10.4. The summed E-state index contributed by atoms with van der Waals surface area (Å²) in [4.78, 5) is 12.1. The second-order valence-corrected chi connectivity index (χ2v) is 8.90. The molecule has 26 heavy (non-hydrogen) atoms. The van der Waals surface area contributed by atoms with Crippen LogP contribution in [-0.4, -0.2) is 27.1 Å². The number of aromatic nitrogens is 1. The van der Waals surface area contributed by atoms with Crippen LogP contribution < -0.4 is 20.2 Å². The van der Waals surface area contributed by atoms with Gasteiger partial charge in [0.05, 0.1) is 15.9 Å². The highest BCUT2D eigenvalue weighted by Gasteiger charge is 2.14. The van der Waals surface area contributed by atoms with Crippen molar-refractivity contribution in [3.8, 4) is 34.5 Å². The summed E-state index contributed by atoms with van der Waals surface area (Å²) in [5.41, 5.74) is 1.71. The molecule has 0 N–H and O–H groups in total. The Morgan fingerprint density at radius 3 is 2.58 bits per heavy atom. The summed E-state index contributed by atoms with van der Waals surface area (Å²) in [5, 5.41) is 1.34. The highest BCUT2D eigenvalue weighted by molar-refractivity contribution is 6.72. The SMILES string of the molecule is CCC#CCOc1ccc([Si](C)CC)cc1-c1cc(OC)c(=O)n(C)c1. The lowest BCUT2D eigenvalue weighted by Crippen LogP contribution is -2.25. The molecule has 0 unspecified atom stereocenters. The monoisotopic (exact) mass is 368 g/mol. The topological polar surface area (TPSA) is 40.5 Å². The summed E-state index contributed by atoms with van der Waals surface area (Å²) in [6.07, 6.45) is 2.63. The Balaban J connectivity index is 2.55. The summed E-state index contributed by atoms with van der Waals surface area (Å²) in [5.74, 6) is 7.12. The predicted molar refractivity (Wildman–Crippen MR) is 109 cm³/mol. The number of ether oxygens (including phenoxy) is 2. The van der Waals surface area contributed by atoms with E-state index >= 15 is 0 Å². The van der Waals surface area contributed by atoms with E-state index in [1.54, 1.807) is 17.7 Å². The molecular weight excluding hydrogens is 342 g/mol. The Kier molecular flexibility index (Phi) is 7.11. The van der Waals surface area contributed by atoms with Crippen molar-refractivity contribution < 1.29 is 9.47 Å². The van der Waals surface area contributed by atoms with Crippen LogP contribution in [0.15, 0.2) is 35.3 Å². The standard InChI is InChI=1S/C21H26NO3Si/c1-6-8-9-12-25-19-11-10-17(26(5)7-2)14-18(19)16-13-20(24-4)21(23)22(3)15-16/h10-11,13-15H,6-7,12H2,1-5H3. The number of rotatable bonds is 6. The van der Waals surface area contributed by atoms with Gasteiger partial charge in [-0.1, -0.05) is 49.7 Å². The van der Waals surface area contributed by atoms with Gasteiger partial charge in [-0.2, -0.15) is 0 Å². The predicted octanol–water partition coefficient (Wildman–Crippen LogP) is 3.20. The Bertz CT molecular complexity index is 877. The fraction of sp³-hybridized carbons (Fsp3) is 0.381. The average molecular weight is 369 g/mol. The number of nitrogens with zero attached hydrogens (tertiary/aromatic N) is 1. The van der Waals surface area contributed by atoms with Crippen molar-refractivity contribution in [3.63, 3.8) is 0 Å². The smallest absolute Gasteiger partial charge is 0.292 e. The molecule has 0 spiro atoms. The van der Waals surface area contributed by atoms with Gasteiger partial charge in [-0.15, -0.1) is 5.92 Å². The number of benzene rings is 1. The van der Waals surface area contributed by atoms with E-state index < -0.39 is 8.80 Å². The quantitative estimate of drug-likeness (QED) is 0.581. The van der Waals surface area contributed by atoms with Crippen LogP contribution in [0.25, 0.3) is 11.1 Å². The van der Waals surface area contributed by atoms with E-state index in [1.165, 1.54) is 12.3 Å². The van der Waals surface area contributed by atoms with Crippen molar-refractivity contribution >= 4 is 14.0 Å². The van der Waals surface area contributed by atoms with Crippen molar-refractivity contribution in [2.24, 2.45) is 7.05 Å². The Labute approximate surface area is 157 Å². The maximum absolute atomic E-state index is 12.1. The van der Waals surface area contributed by atoms with Gasteiger partial charge >= 0.3 is 0 Å². The van der Waals surface area contributed by atoms with Crippen LogP contribution in [-0.2, 0) is 7.05 Å². The fourth-order valence-electron chi connectivity index (χ4n) is 2.62. The lowest BCUT2D eigenvalue weighted by molar-refractivity contribution is 0.371. The molecule has 4 nitrogen and oxygen atoms in total. The molecule has 1 heterocycles. The highest BCUT2D eigenvalue weighted by Crippen LogP contribution is 2.30. The zero-order valence-corrected chi connectivity index (χ0v) is 17.2. The maximum Gasteiger partial charge on any atom is 0.292 e. The fourth-order valence-corrected chi connectivity index (χ4v) is 3.78. The van der Waals surface area contributed by atoms with Crippen LogP contribution in [0.1, 0.15) is 20.3 Å². The van der Waals surface area contributed by atoms with Gasteiger partial charge < -0.3 is 14.0 Å². The minimum atomic E-state index is -0.597. The summed E-state index contributed by atoms with van der Waals surface area (Å²) in [7, 11) is 2.64. The van der Waals surface area contributed by atoms with Gasteiger partial charge in [0.1, 0.15) is 12.4 Å². The summed E-state index contributed by atoms with van der Waals surface area (Å²) in [6, 6.07) is 9.27. The number of methoxy groups -OCH3 is 1. The first-order chi connectivity index (χ1) is 12.5. The third-order valence-electron chi connectivity index (χ3n) is 4.29. The number of hydrogen-bond acceptors (Lipinski definition) is 3. The molecule has 0 fully saturated rings. The molecule has 1 radical (unpaired) electrons. The van der Waals surface area contributed by atoms with E-state index in [-0.39, 0.29) is 5.56 Å². The average Bonchev–Trinajstić information content (AvgIpc) is 2.66. The first-order valence-corrected chi connectivity index (χ1v) is 11.0. The number of aryl methyl sites for hydroxylation is 1. The molecule has 1 aromatic carbocycles. The van der Waals surface area contributed by atoms with Crippen LogP contribution in [0.2, 0.25) is 12.6 Å². The molecule has 0 aliphatic rings. The molecule has 5 heteroatoms. The molecule has 137 valence electrons. The zero-order chi connectivity index (χ0) is 19.1. The molecule has 2 aromatic rings. The van der Waals surface area contributed by atoms with Crippen LogP contribution in [0.5, 0.6) is 11.5 Å². The van der Waals surface area contributed by atoms with Crippen LogP contribution in [0.4, 0.5) is 0 Å². The lowest BCUT2D eigenvalue weighted by atomic mass is 10.1. The van der Waals surface area contributed by atoms with E-state index in [0.717, 1.165) is 29.3 Å². The van der Waals surface area contributed by atoms with E-state index in [0.29, 0.717) is 12.4 Å². The Morgan fingerprint density at radius 1 is 1.15 bits per heavy atom. The van der Waals surface area contributed by atoms with Crippen molar-refractivity contribution in [2.75, 3.05) is 13.7 Å². The minimum absolute atomic E-state index is 0.155. The van der Waals surface area contributed by atoms with Crippen LogP contribution in [0.3, 0.4) is 0 Å². The van der Waals surface area contributed by atoms with Gasteiger partial charge in [0, 0.05) is 30.8 Å². The Morgan fingerprint density at radius 2 is 1.92 bits per heavy atom. The first-order valence-electron chi connectivity index (χ1n) is 8.82. The van der Waals surface area contributed by atoms with Gasteiger partial charge in [0.2, 0.25) is 0 Å². The van der Waals surface area contributed by atoms with E-state index in [1.807, 2.05) is 19.2 Å². The molecule has 0 saturated heterocycles. The molecule has 1 aromatic heterocycles. The first kappa shape index (κ1) is 19.9. The summed E-state index contributed by atoms with van der Waals surface area (Å²) < 4.78 is 12.7. The highest BCUT2D eigenvalue weighted by atomic mass is 28.3. The second kappa shape index (κ2) is 9.30. The van der Waals surface area contributed by atoms with Gasteiger partial charge in [0.25, 0.3) is 5.56 Å². The zero-order valence-electron chi connectivity index (χ0n) is 16.2. The molecule has 0 amide bonds. The number of pyridine rings is 1. The Hall–Kier alpha value is -2.45. The van der Waals surface area contributed by atoms with E-state index in [9.17, 15) is 4.79 Å². The van der Waals surface area contributed by atoms with Gasteiger partial charge in [0.15, 0.2) is 5.75 Å². The third kappa shape index (κ3) is 4.58. The van der Waals surface area contributed by atoms with Gasteiger partial charge in [-0.05, 0) is 12.1 Å². The molecular formula is C21H26NO3Si. The van der Waals surface area contributed by atoms with E-state index in [2.05, 4.69) is 37.4 Å². The lowest BCUT2D eigenvalue weighted by Gasteiger charge is -2.15. The molecule has 0 saturated carbocycles. The largest absolute Gasteiger partial charge is 0.491 e. The molecule has 0 aliphatic carbocycles. The minimum Gasteiger partial charge on any atom is -0.491 e. The second-order valence-electron chi connectivity index (χ2n) is 6.05. The van der Waals surface area contributed by atoms with Gasteiger partial charge in [-0.3, -0.25) is 4.79 Å². The molecule has 0 aliphatic heterocycles. The summed E-state index contributed by atoms with van der Waals surface area (Å²) >= 11 is 0. The summed E-state index contributed by atoms with van der Waals surface area (Å²) in [6.45, 7) is 6.88. The van der Waals surface area contributed by atoms with Gasteiger partial charge in [-0.25, -0.2) is 0 Å².